The van der Waals surface area contributed by atoms with Crippen LogP contribution in [-0.4, -0.2) is 19.6 Å². The summed E-state index contributed by atoms with van der Waals surface area (Å²) in [6, 6.07) is 1.78. The highest BCUT2D eigenvalue weighted by atomic mass is 35.5. The third kappa shape index (κ3) is 2.78. The van der Waals surface area contributed by atoms with Crippen molar-refractivity contribution in [3.8, 4) is 0 Å². The number of hydrogen-bond acceptors (Lipinski definition) is 3. The van der Waals surface area contributed by atoms with Gasteiger partial charge in [0.05, 0.1) is 0 Å². The first-order valence-corrected chi connectivity index (χ1v) is 8.12. The number of rotatable bonds is 1. The largest absolute Gasteiger partial charge is 0.266 e. The van der Waals surface area contributed by atoms with Crippen molar-refractivity contribution in [3.05, 3.63) is 22.9 Å². The molecule has 5 heteroatoms. The van der Waals surface area contributed by atoms with Crippen LogP contribution in [0, 0.1) is 18.3 Å². The van der Waals surface area contributed by atoms with E-state index in [1.54, 1.807) is 6.07 Å². The first kappa shape index (κ1) is 14.8. The van der Waals surface area contributed by atoms with Gasteiger partial charge in [0, 0.05) is 12.0 Å². The third-order valence-corrected chi connectivity index (χ3v) is 5.06. The maximum Gasteiger partial charge on any atom is 0.165 e. The molecular weight excluding hydrogens is 284 g/mol. The van der Waals surface area contributed by atoms with E-state index in [-0.39, 0.29) is 0 Å². The highest BCUT2D eigenvalue weighted by Gasteiger charge is 2.32. The van der Waals surface area contributed by atoms with Gasteiger partial charge in [-0.2, -0.15) is 0 Å². The summed E-state index contributed by atoms with van der Waals surface area (Å²) in [6.45, 7) is 9.01. The van der Waals surface area contributed by atoms with Crippen molar-refractivity contribution >= 4 is 17.2 Å². The molecule has 0 amide bonds. The van der Waals surface area contributed by atoms with Gasteiger partial charge >= 0.3 is 0 Å². The number of fused-ring (bicyclic) bond motifs is 1. The van der Waals surface area contributed by atoms with E-state index in [9.17, 15) is 0 Å². The second-order valence-electron chi connectivity index (χ2n) is 7.29. The van der Waals surface area contributed by atoms with Gasteiger partial charge in [0.1, 0.15) is 16.8 Å². The van der Waals surface area contributed by atoms with Crippen molar-refractivity contribution in [1.82, 2.24) is 19.6 Å². The summed E-state index contributed by atoms with van der Waals surface area (Å²) in [4.78, 5) is 4.33. The predicted molar refractivity (Wildman–Crippen MR) is 84.7 cm³/mol. The molecule has 21 heavy (non-hydrogen) atoms. The van der Waals surface area contributed by atoms with Gasteiger partial charge in [0.15, 0.2) is 5.65 Å². The maximum atomic E-state index is 6.00. The summed E-state index contributed by atoms with van der Waals surface area (Å²) >= 11 is 6.00. The van der Waals surface area contributed by atoms with E-state index in [4.69, 9.17) is 11.6 Å². The molecule has 0 spiro atoms. The normalized spacial score (nSPS) is 23.7. The minimum absolute atomic E-state index is 0.406. The fourth-order valence-corrected chi connectivity index (χ4v) is 3.78. The van der Waals surface area contributed by atoms with Crippen LogP contribution in [-0.2, 0) is 0 Å². The molecule has 0 aliphatic heterocycles. The van der Waals surface area contributed by atoms with Gasteiger partial charge in [0.25, 0.3) is 0 Å². The second kappa shape index (κ2) is 5.24. The second-order valence-corrected chi connectivity index (χ2v) is 7.68. The van der Waals surface area contributed by atoms with Crippen LogP contribution in [0.3, 0.4) is 0 Å². The van der Waals surface area contributed by atoms with E-state index in [1.165, 1.54) is 25.7 Å². The molecule has 0 N–H and O–H groups in total. The summed E-state index contributed by atoms with van der Waals surface area (Å²) < 4.78 is 2.06. The fourth-order valence-electron chi connectivity index (χ4n) is 3.56. The molecule has 1 saturated carbocycles. The lowest BCUT2D eigenvalue weighted by Crippen LogP contribution is -2.26. The Morgan fingerprint density at radius 3 is 2.43 bits per heavy atom. The molecule has 114 valence electrons. The van der Waals surface area contributed by atoms with E-state index in [1.807, 2.05) is 6.92 Å². The fraction of sp³-hybridized carbons (Fsp3) is 0.688. The molecular formula is C16H23ClN4. The first-order valence-electron chi connectivity index (χ1n) is 7.74. The van der Waals surface area contributed by atoms with E-state index >= 15 is 0 Å². The Balaban J connectivity index is 1.86. The molecule has 1 aliphatic rings. The van der Waals surface area contributed by atoms with Crippen molar-refractivity contribution < 1.29 is 0 Å². The Hall–Kier alpha value is -1.16. The number of hydrogen-bond donors (Lipinski definition) is 0. The molecule has 2 heterocycles. The molecule has 3 rings (SSSR count). The SMILES string of the molecule is Cc1nc(Cl)cc2nnc(C3CCC(C(C)(C)C)CC3)n12. The minimum Gasteiger partial charge on any atom is -0.266 e. The summed E-state index contributed by atoms with van der Waals surface area (Å²) in [7, 11) is 0. The summed E-state index contributed by atoms with van der Waals surface area (Å²) in [5.74, 6) is 3.22. The van der Waals surface area contributed by atoms with Crippen LogP contribution in [0.1, 0.15) is 64.0 Å². The van der Waals surface area contributed by atoms with Gasteiger partial charge in [-0.1, -0.05) is 32.4 Å². The zero-order valence-electron chi connectivity index (χ0n) is 13.2. The van der Waals surface area contributed by atoms with Gasteiger partial charge in [-0.3, -0.25) is 4.40 Å². The average Bonchev–Trinajstić information content (AvgIpc) is 2.81. The van der Waals surface area contributed by atoms with Crippen molar-refractivity contribution in [2.24, 2.45) is 11.3 Å². The Morgan fingerprint density at radius 1 is 1.14 bits per heavy atom. The molecule has 0 aromatic carbocycles. The first-order chi connectivity index (χ1) is 9.86. The van der Waals surface area contributed by atoms with Gasteiger partial charge < -0.3 is 0 Å². The minimum atomic E-state index is 0.406. The number of halogens is 1. The Kier molecular flexibility index (Phi) is 3.68. The predicted octanol–water partition coefficient (Wildman–Crippen LogP) is 4.41. The number of aryl methyl sites for hydroxylation is 1. The topological polar surface area (TPSA) is 43.1 Å². The molecule has 1 fully saturated rings. The lowest BCUT2D eigenvalue weighted by Gasteiger charge is -2.36. The van der Waals surface area contributed by atoms with Crippen LogP contribution < -0.4 is 0 Å². The molecule has 4 nitrogen and oxygen atoms in total. The zero-order valence-corrected chi connectivity index (χ0v) is 14.0. The molecule has 1 aliphatic carbocycles. The Bertz CT molecular complexity index is 648. The molecule has 0 unspecified atom stereocenters. The third-order valence-electron chi connectivity index (χ3n) is 4.87. The van der Waals surface area contributed by atoms with Crippen LogP contribution in [0.4, 0.5) is 0 Å². The van der Waals surface area contributed by atoms with Gasteiger partial charge in [0.2, 0.25) is 0 Å². The van der Waals surface area contributed by atoms with Crippen molar-refractivity contribution in [3.63, 3.8) is 0 Å². The summed E-state index contributed by atoms with van der Waals surface area (Å²) in [5, 5.41) is 9.18. The summed E-state index contributed by atoms with van der Waals surface area (Å²) in [5.41, 5.74) is 1.21. The standard InChI is InChI=1S/C16H23ClN4/c1-10-18-13(17)9-14-19-20-15(21(10)14)11-5-7-12(8-6-11)16(2,3)4/h9,11-12H,5-8H2,1-4H3. The smallest absolute Gasteiger partial charge is 0.165 e. The Labute approximate surface area is 130 Å². The van der Waals surface area contributed by atoms with Gasteiger partial charge in [-0.25, -0.2) is 4.98 Å². The van der Waals surface area contributed by atoms with E-state index in [0.29, 0.717) is 16.5 Å². The highest BCUT2D eigenvalue weighted by Crippen LogP contribution is 2.42. The van der Waals surface area contributed by atoms with Gasteiger partial charge in [-0.15, -0.1) is 10.2 Å². The maximum absolute atomic E-state index is 6.00. The van der Waals surface area contributed by atoms with E-state index in [2.05, 4.69) is 40.4 Å². The highest BCUT2D eigenvalue weighted by molar-refractivity contribution is 6.29. The van der Waals surface area contributed by atoms with Crippen LogP contribution >= 0.6 is 11.6 Å². The van der Waals surface area contributed by atoms with Crippen LogP contribution in [0.5, 0.6) is 0 Å². The van der Waals surface area contributed by atoms with Crippen LogP contribution in [0.15, 0.2) is 6.07 Å². The van der Waals surface area contributed by atoms with Crippen LogP contribution in [0.25, 0.3) is 5.65 Å². The number of aromatic nitrogens is 4. The van der Waals surface area contributed by atoms with Crippen molar-refractivity contribution in [2.75, 3.05) is 0 Å². The van der Waals surface area contributed by atoms with Crippen LogP contribution in [0.2, 0.25) is 5.15 Å². The van der Waals surface area contributed by atoms with Crippen molar-refractivity contribution in [1.29, 1.82) is 0 Å². The average molecular weight is 307 g/mol. The molecule has 0 saturated heterocycles. The summed E-state index contributed by atoms with van der Waals surface area (Å²) in [6.07, 6.45) is 4.90. The Morgan fingerprint density at radius 2 is 1.81 bits per heavy atom. The molecule has 0 radical (unpaired) electrons. The lowest BCUT2D eigenvalue weighted by molar-refractivity contribution is 0.167. The quantitative estimate of drug-likeness (QED) is 0.733. The van der Waals surface area contributed by atoms with Gasteiger partial charge in [-0.05, 0) is 43.9 Å². The molecule has 2 aromatic rings. The zero-order chi connectivity index (χ0) is 15.2. The molecule has 2 aromatic heterocycles. The monoisotopic (exact) mass is 306 g/mol. The van der Waals surface area contributed by atoms with E-state index < -0.39 is 0 Å². The van der Waals surface area contributed by atoms with E-state index in [0.717, 1.165) is 23.2 Å². The molecule has 0 bridgehead atoms. The molecule has 0 atom stereocenters. The lowest BCUT2D eigenvalue weighted by atomic mass is 9.70. The number of nitrogens with zero attached hydrogens (tertiary/aromatic N) is 4. The van der Waals surface area contributed by atoms with Crippen molar-refractivity contribution in [2.45, 2.75) is 59.3 Å².